The van der Waals surface area contributed by atoms with Crippen LogP contribution in [-0.2, 0) is 4.79 Å². The van der Waals surface area contributed by atoms with Gasteiger partial charge >= 0.3 is 0 Å². The first-order valence-corrected chi connectivity index (χ1v) is 2.00. The first-order valence-electron chi connectivity index (χ1n) is 2.00. The van der Waals surface area contributed by atoms with Gasteiger partial charge in [-0.2, -0.15) is 0 Å². The van der Waals surface area contributed by atoms with Crippen molar-refractivity contribution < 1.29 is 4.79 Å². The summed E-state index contributed by atoms with van der Waals surface area (Å²) < 4.78 is 0. The molecule has 0 heterocycles. The molecule has 0 fully saturated rings. The molecular formula is C5H7NO. The molecule has 1 amide bonds. The van der Waals surface area contributed by atoms with Crippen molar-refractivity contribution in [3.8, 4) is 0 Å². The summed E-state index contributed by atoms with van der Waals surface area (Å²) in [5, 5.41) is 0. The maximum Gasteiger partial charge on any atom is 0.232 e. The lowest BCUT2D eigenvalue weighted by molar-refractivity contribution is -0.106. The maximum atomic E-state index is 9.45. The molecule has 0 aromatic heterocycles. The predicted octanol–water partition coefficient (Wildman–Crippen LogP) is 0.790. The van der Waals surface area contributed by atoms with Crippen LogP contribution >= 0.6 is 0 Å². The summed E-state index contributed by atoms with van der Waals surface area (Å²) in [5.41, 5.74) is 0. The van der Waals surface area contributed by atoms with Crippen LogP contribution in [0.5, 0.6) is 0 Å². The largest absolute Gasteiger partial charge is 0.276 e. The van der Waals surface area contributed by atoms with Crippen molar-refractivity contribution in [2.45, 2.75) is 6.92 Å². The SMILES string of the molecule is C/C=C\C=N/C=O. The van der Waals surface area contributed by atoms with Crippen molar-refractivity contribution in [2.75, 3.05) is 0 Å². The smallest absolute Gasteiger partial charge is 0.232 e. The zero-order valence-corrected chi connectivity index (χ0v) is 4.16. The summed E-state index contributed by atoms with van der Waals surface area (Å²) in [4.78, 5) is 12.7. The lowest BCUT2D eigenvalue weighted by Gasteiger charge is -1.63. The molecule has 0 aromatic carbocycles. The van der Waals surface area contributed by atoms with Gasteiger partial charge in [-0.1, -0.05) is 6.08 Å². The van der Waals surface area contributed by atoms with Crippen LogP contribution in [0, 0.1) is 0 Å². The number of carbonyl (C=O) groups excluding carboxylic acids is 1. The van der Waals surface area contributed by atoms with Crippen LogP contribution in [0.3, 0.4) is 0 Å². The normalized spacial score (nSPS) is 11.0. The van der Waals surface area contributed by atoms with Crippen LogP contribution < -0.4 is 0 Å². The van der Waals surface area contributed by atoms with Gasteiger partial charge in [-0.05, 0) is 13.0 Å². The average Bonchev–Trinajstić information content (AvgIpc) is 1.69. The Hall–Kier alpha value is -0.920. The molecule has 0 aliphatic rings. The van der Waals surface area contributed by atoms with Crippen LogP contribution in [0.2, 0.25) is 0 Å². The number of allylic oxidation sites excluding steroid dienone is 2. The van der Waals surface area contributed by atoms with E-state index in [4.69, 9.17) is 0 Å². The second-order valence-electron chi connectivity index (χ2n) is 0.929. The third kappa shape index (κ3) is 5.08. The molecule has 0 aromatic rings. The van der Waals surface area contributed by atoms with Crippen molar-refractivity contribution in [2.24, 2.45) is 4.99 Å². The van der Waals surface area contributed by atoms with E-state index in [1.807, 2.05) is 6.92 Å². The molecule has 38 valence electrons. The highest BCUT2D eigenvalue weighted by molar-refractivity contribution is 5.77. The highest BCUT2D eigenvalue weighted by atomic mass is 16.1. The molecule has 0 radical (unpaired) electrons. The molecule has 2 nitrogen and oxygen atoms in total. The minimum Gasteiger partial charge on any atom is -0.276 e. The van der Waals surface area contributed by atoms with Gasteiger partial charge in [0.15, 0.2) is 0 Å². The Bertz CT molecular complexity index is 94.3. The number of hydrogen-bond donors (Lipinski definition) is 0. The zero-order valence-electron chi connectivity index (χ0n) is 4.16. The lowest BCUT2D eigenvalue weighted by Crippen LogP contribution is -1.62. The Labute approximate surface area is 42.6 Å². The number of amides is 1. The van der Waals surface area contributed by atoms with E-state index in [-0.39, 0.29) is 0 Å². The third-order valence-electron chi connectivity index (χ3n) is 0.425. The fraction of sp³-hybridized carbons (Fsp3) is 0.200. The van der Waals surface area contributed by atoms with E-state index in [0.29, 0.717) is 6.41 Å². The molecule has 0 spiro atoms. The summed E-state index contributed by atoms with van der Waals surface area (Å²) in [6.07, 6.45) is 5.42. The van der Waals surface area contributed by atoms with Crippen LogP contribution in [0.1, 0.15) is 6.92 Å². The van der Waals surface area contributed by atoms with Crippen molar-refractivity contribution in [3.63, 3.8) is 0 Å². The Morgan fingerprint density at radius 3 is 2.71 bits per heavy atom. The maximum absolute atomic E-state index is 9.45. The molecule has 0 atom stereocenters. The van der Waals surface area contributed by atoms with Gasteiger partial charge in [-0.3, -0.25) is 4.79 Å². The summed E-state index contributed by atoms with van der Waals surface area (Å²) in [6, 6.07) is 0. The molecule has 0 saturated carbocycles. The molecule has 0 saturated heterocycles. The van der Waals surface area contributed by atoms with E-state index in [9.17, 15) is 4.79 Å². The third-order valence-corrected chi connectivity index (χ3v) is 0.425. The van der Waals surface area contributed by atoms with Crippen LogP contribution in [0.15, 0.2) is 17.1 Å². The molecule has 0 aliphatic heterocycles. The van der Waals surface area contributed by atoms with Gasteiger partial charge in [-0.25, -0.2) is 4.99 Å². The minimum absolute atomic E-state index is 0.500. The van der Waals surface area contributed by atoms with Crippen molar-refractivity contribution >= 4 is 12.6 Å². The predicted molar refractivity (Wildman–Crippen MR) is 29.4 cm³/mol. The first-order chi connectivity index (χ1) is 3.41. The highest BCUT2D eigenvalue weighted by Gasteiger charge is 1.55. The molecule has 0 unspecified atom stereocenters. The number of carbonyl (C=O) groups is 1. The monoisotopic (exact) mass is 97.1 g/mol. The lowest BCUT2D eigenvalue weighted by atomic mass is 10.6. The topological polar surface area (TPSA) is 29.4 Å². The van der Waals surface area contributed by atoms with Gasteiger partial charge < -0.3 is 0 Å². The van der Waals surface area contributed by atoms with Crippen molar-refractivity contribution in [1.82, 2.24) is 0 Å². The summed E-state index contributed by atoms with van der Waals surface area (Å²) in [6.45, 7) is 1.86. The van der Waals surface area contributed by atoms with E-state index in [1.165, 1.54) is 6.21 Å². The Morgan fingerprint density at radius 1 is 1.57 bits per heavy atom. The highest BCUT2D eigenvalue weighted by Crippen LogP contribution is 1.61. The Balaban J connectivity index is 3.27. The van der Waals surface area contributed by atoms with Crippen LogP contribution in [0.4, 0.5) is 0 Å². The number of hydrogen-bond acceptors (Lipinski definition) is 1. The van der Waals surface area contributed by atoms with Crippen LogP contribution in [-0.4, -0.2) is 12.6 Å². The minimum atomic E-state index is 0.500. The molecule has 0 bridgehead atoms. The van der Waals surface area contributed by atoms with E-state index < -0.39 is 0 Å². The number of rotatable bonds is 2. The Kier molecular flexibility index (Phi) is 4.41. The summed E-state index contributed by atoms with van der Waals surface area (Å²) in [5.74, 6) is 0. The fourth-order valence-electron chi connectivity index (χ4n) is 0.171. The van der Waals surface area contributed by atoms with Gasteiger partial charge in [0, 0.05) is 6.21 Å². The van der Waals surface area contributed by atoms with Gasteiger partial charge in [0.2, 0.25) is 6.41 Å². The molecule has 0 N–H and O–H groups in total. The second-order valence-corrected chi connectivity index (χ2v) is 0.929. The molecule has 7 heavy (non-hydrogen) atoms. The summed E-state index contributed by atoms with van der Waals surface area (Å²) >= 11 is 0. The van der Waals surface area contributed by atoms with Gasteiger partial charge in [0.1, 0.15) is 0 Å². The second kappa shape index (κ2) is 5.08. The Morgan fingerprint density at radius 2 is 2.29 bits per heavy atom. The van der Waals surface area contributed by atoms with Crippen molar-refractivity contribution in [1.29, 1.82) is 0 Å². The standard InChI is InChI=1S/C5H7NO/c1-2-3-4-6-5-7/h2-5H,1H3/b3-2-,6-4-. The number of nitrogens with zero attached hydrogens (tertiary/aromatic N) is 1. The average molecular weight is 97.1 g/mol. The molecule has 2 heteroatoms. The van der Waals surface area contributed by atoms with Crippen LogP contribution in [0.25, 0.3) is 0 Å². The first kappa shape index (κ1) is 6.08. The van der Waals surface area contributed by atoms with E-state index in [1.54, 1.807) is 12.2 Å². The van der Waals surface area contributed by atoms with Crippen molar-refractivity contribution in [3.05, 3.63) is 12.2 Å². The van der Waals surface area contributed by atoms with E-state index in [2.05, 4.69) is 4.99 Å². The molecule has 0 aliphatic carbocycles. The van der Waals surface area contributed by atoms with Gasteiger partial charge in [0.25, 0.3) is 0 Å². The number of aliphatic imine (C=N–C) groups is 1. The van der Waals surface area contributed by atoms with E-state index in [0.717, 1.165) is 0 Å². The quantitative estimate of drug-likeness (QED) is 0.370. The fourth-order valence-corrected chi connectivity index (χ4v) is 0.171. The van der Waals surface area contributed by atoms with E-state index >= 15 is 0 Å². The molecular weight excluding hydrogens is 90.1 g/mol. The zero-order chi connectivity index (χ0) is 5.54. The molecule has 0 rings (SSSR count). The van der Waals surface area contributed by atoms with Gasteiger partial charge in [0.05, 0.1) is 0 Å². The van der Waals surface area contributed by atoms with Gasteiger partial charge in [-0.15, -0.1) is 0 Å². The summed E-state index contributed by atoms with van der Waals surface area (Å²) in [7, 11) is 0.